The minimum absolute atomic E-state index is 0.0416. The second kappa shape index (κ2) is 5.56. The zero-order chi connectivity index (χ0) is 14.0. The molecule has 0 spiro atoms. The van der Waals surface area contributed by atoms with E-state index >= 15 is 0 Å². The molecule has 0 N–H and O–H groups in total. The number of anilines is 1. The number of carbonyl (C=O) groups excluding carboxylic acids is 1. The second-order valence-electron chi connectivity index (χ2n) is 4.34. The number of nitro benzene ring substituents is 1. The van der Waals surface area contributed by atoms with Crippen molar-refractivity contribution in [1.29, 1.82) is 0 Å². The summed E-state index contributed by atoms with van der Waals surface area (Å²) in [6.45, 7) is 1.07. The highest BCUT2D eigenvalue weighted by atomic mass is 79.9. The molecule has 1 aliphatic rings. The van der Waals surface area contributed by atoms with E-state index in [1.165, 1.54) is 13.2 Å². The smallest absolute Gasteiger partial charge is 0.310 e. The predicted octanol–water partition coefficient (Wildman–Crippen LogP) is 2.36. The molecule has 6 nitrogen and oxygen atoms in total. The lowest BCUT2D eigenvalue weighted by molar-refractivity contribution is -0.384. The maximum atomic E-state index is 11.5. The fourth-order valence-electron chi connectivity index (χ4n) is 2.25. The molecule has 102 valence electrons. The molecule has 1 aromatic carbocycles. The minimum Gasteiger partial charge on any atom is -0.469 e. The van der Waals surface area contributed by atoms with Crippen LogP contribution in [-0.4, -0.2) is 31.1 Å². The molecular formula is C12H13BrN2O4. The molecule has 19 heavy (non-hydrogen) atoms. The third kappa shape index (κ3) is 2.86. The largest absolute Gasteiger partial charge is 0.469 e. The van der Waals surface area contributed by atoms with Gasteiger partial charge in [-0.25, -0.2) is 0 Å². The van der Waals surface area contributed by atoms with Crippen molar-refractivity contribution >= 4 is 33.3 Å². The van der Waals surface area contributed by atoms with Gasteiger partial charge >= 0.3 is 5.97 Å². The molecule has 0 radical (unpaired) electrons. The molecule has 1 heterocycles. The van der Waals surface area contributed by atoms with Gasteiger partial charge in [0, 0.05) is 23.6 Å². The molecule has 0 amide bonds. The van der Waals surface area contributed by atoms with Gasteiger partial charge in [0.15, 0.2) is 0 Å². The molecule has 1 unspecified atom stereocenters. The van der Waals surface area contributed by atoms with E-state index in [1.807, 2.05) is 4.90 Å². The van der Waals surface area contributed by atoms with Crippen molar-refractivity contribution in [2.75, 3.05) is 25.1 Å². The maximum Gasteiger partial charge on any atom is 0.310 e. The van der Waals surface area contributed by atoms with E-state index in [9.17, 15) is 14.9 Å². The fourth-order valence-corrected chi connectivity index (χ4v) is 2.60. The lowest BCUT2D eigenvalue weighted by Gasteiger charge is -2.18. The Hall–Kier alpha value is -1.63. The van der Waals surface area contributed by atoms with Crippen molar-refractivity contribution in [3.8, 4) is 0 Å². The molecule has 0 bridgehead atoms. The minimum atomic E-state index is -0.411. The normalized spacial score (nSPS) is 18.4. The summed E-state index contributed by atoms with van der Waals surface area (Å²) < 4.78 is 5.37. The highest BCUT2D eigenvalue weighted by molar-refractivity contribution is 9.10. The average Bonchev–Trinajstić information content (AvgIpc) is 2.87. The van der Waals surface area contributed by atoms with Gasteiger partial charge in [0.2, 0.25) is 0 Å². The lowest BCUT2D eigenvalue weighted by Crippen LogP contribution is -2.24. The Labute approximate surface area is 118 Å². The monoisotopic (exact) mass is 328 g/mol. The summed E-state index contributed by atoms with van der Waals surface area (Å²) in [6.07, 6.45) is 0.653. The number of nitro groups is 1. The number of benzene rings is 1. The van der Waals surface area contributed by atoms with E-state index in [0.29, 0.717) is 29.7 Å². The van der Waals surface area contributed by atoms with Crippen LogP contribution in [-0.2, 0) is 9.53 Å². The summed E-state index contributed by atoms with van der Waals surface area (Å²) in [5, 5.41) is 11.1. The Balaban J connectivity index is 2.24. The van der Waals surface area contributed by atoms with Crippen molar-refractivity contribution in [1.82, 2.24) is 0 Å². The molecule has 0 aliphatic carbocycles. The molecule has 0 aromatic heterocycles. The SMILES string of the molecule is COC(=O)C1CCN(c2ccc(Br)cc2[N+](=O)[O-])C1. The third-order valence-corrected chi connectivity index (χ3v) is 3.69. The standard InChI is InChI=1S/C12H13BrN2O4/c1-19-12(16)8-4-5-14(7-8)10-3-2-9(13)6-11(10)15(17)18/h2-3,6,8H,4-5,7H2,1H3. The van der Waals surface area contributed by atoms with Crippen LogP contribution in [0.2, 0.25) is 0 Å². The van der Waals surface area contributed by atoms with E-state index in [0.717, 1.165) is 0 Å². The number of nitrogens with zero attached hydrogens (tertiary/aromatic N) is 2. The van der Waals surface area contributed by atoms with Gasteiger partial charge in [-0.3, -0.25) is 14.9 Å². The first-order chi connectivity index (χ1) is 9.02. The number of halogens is 1. The van der Waals surface area contributed by atoms with E-state index in [2.05, 4.69) is 15.9 Å². The molecular weight excluding hydrogens is 316 g/mol. The molecule has 1 aromatic rings. The third-order valence-electron chi connectivity index (χ3n) is 3.20. The Morgan fingerprint density at radius 1 is 1.58 bits per heavy atom. The first-order valence-electron chi connectivity index (χ1n) is 5.79. The number of hydrogen-bond donors (Lipinski definition) is 0. The van der Waals surface area contributed by atoms with Crippen LogP contribution in [0.1, 0.15) is 6.42 Å². The van der Waals surface area contributed by atoms with Crippen molar-refractivity contribution in [2.24, 2.45) is 5.92 Å². The summed E-state index contributed by atoms with van der Waals surface area (Å²) >= 11 is 3.22. The van der Waals surface area contributed by atoms with Gasteiger partial charge in [0.25, 0.3) is 5.69 Å². The highest BCUT2D eigenvalue weighted by Crippen LogP contribution is 2.34. The topological polar surface area (TPSA) is 72.7 Å². The van der Waals surface area contributed by atoms with E-state index in [4.69, 9.17) is 4.74 Å². The van der Waals surface area contributed by atoms with Crippen LogP contribution in [0.25, 0.3) is 0 Å². The quantitative estimate of drug-likeness (QED) is 0.484. The molecule has 1 saturated heterocycles. The number of ether oxygens (including phenoxy) is 1. The summed E-state index contributed by atoms with van der Waals surface area (Å²) in [6, 6.07) is 4.93. The zero-order valence-electron chi connectivity index (χ0n) is 10.3. The predicted molar refractivity (Wildman–Crippen MR) is 73.1 cm³/mol. The fraction of sp³-hybridized carbons (Fsp3) is 0.417. The van der Waals surface area contributed by atoms with Crippen LogP contribution in [0, 0.1) is 16.0 Å². The number of carbonyl (C=O) groups is 1. The first-order valence-corrected chi connectivity index (χ1v) is 6.59. The highest BCUT2D eigenvalue weighted by Gasteiger charge is 2.32. The van der Waals surface area contributed by atoms with Gasteiger partial charge in [0.05, 0.1) is 18.0 Å². The van der Waals surface area contributed by atoms with Gasteiger partial charge in [-0.2, -0.15) is 0 Å². The van der Waals surface area contributed by atoms with Crippen LogP contribution >= 0.6 is 15.9 Å². The summed E-state index contributed by atoms with van der Waals surface area (Å²) in [4.78, 5) is 24.0. The van der Waals surface area contributed by atoms with Crippen LogP contribution < -0.4 is 4.90 Å². The Kier molecular flexibility index (Phi) is 4.04. The van der Waals surface area contributed by atoms with Crippen molar-refractivity contribution in [3.63, 3.8) is 0 Å². The second-order valence-corrected chi connectivity index (χ2v) is 5.26. The molecule has 0 saturated carbocycles. The summed E-state index contributed by atoms with van der Waals surface area (Å²) in [5.41, 5.74) is 0.583. The van der Waals surface area contributed by atoms with Crippen LogP contribution in [0.4, 0.5) is 11.4 Å². The number of esters is 1. The Morgan fingerprint density at radius 3 is 2.95 bits per heavy atom. The van der Waals surface area contributed by atoms with Gasteiger partial charge in [-0.15, -0.1) is 0 Å². The molecule has 7 heteroatoms. The number of rotatable bonds is 3. The number of hydrogen-bond acceptors (Lipinski definition) is 5. The Bertz CT molecular complexity index is 520. The van der Waals surface area contributed by atoms with E-state index < -0.39 is 4.92 Å². The molecule has 1 fully saturated rings. The van der Waals surface area contributed by atoms with Crippen molar-refractivity contribution in [3.05, 3.63) is 32.8 Å². The molecule has 1 atom stereocenters. The molecule has 2 rings (SSSR count). The van der Waals surface area contributed by atoms with Crippen LogP contribution in [0.3, 0.4) is 0 Å². The molecule has 1 aliphatic heterocycles. The first kappa shape index (κ1) is 13.8. The van der Waals surface area contributed by atoms with Crippen LogP contribution in [0.15, 0.2) is 22.7 Å². The summed E-state index contributed by atoms with van der Waals surface area (Å²) in [5.74, 6) is -0.476. The maximum absolute atomic E-state index is 11.5. The van der Waals surface area contributed by atoms with Crippen molar-refractivity contribution in [2.45, 2.75) is 6.42 Å². The lowest BCUT2D eigenvalue weighted by atomic mass is 10.1. The van der Waals surface area contributed by atoms with E-state index in [-0.39, 0.29) is 17.6 Å². The average molecular weight is 329 g/mol. The summed E-state index contributed by atoms with van der Waals surface area (Å²) in [7, 11) is 1.35. The van der Waals surface area contributed by atoms with E-state index in [1.54, 1.807) is 12.1 Å². The number of methoxy groups -OCH3 is 1. The van der Waals surface area contributed by atoms with Crippen molar-refractivity contribution < 1.29 is 14.5 Å². The van der Waals surface area contributed by atoms with Gasteiger partial charge in [0.1, 0.15) is 5.69 Å². The van der Waals surface area contributed by atoms with Gasteiger partial charge in [-0.1, -0.05) is 15.9 Å². The van der Waals surface area contributed by atoms with Gasteiger partial charge < -0.3 is 9.64 Å². The zero-order valence-corrected chi connectivity index (χ0v) is 11.9. The van der Waals surface area contributed by atoms with Crippen LogP contribution in [0.5, 0.6) is 0 Å². The van der Waals surface area contributed by atoms with Gasteiger partial charge in [-0.05, 0) is 18.6 Å². The Morgan fingerprint density at radius 2 is 2.32 bits per heavy atom.